The molecule has 24 heavy (non-hydrogen) atoms. The Morgan fingerprint density at radius 2 is 1.88 bits per heavy atom. The van der Waals surface area contributed by atoms with Gasteiger partial charge in [0.15, 0.2) is 0 Å². The molecule has 0 aromatic heterocycles. The van der Waals surface area contributed by atoms with E-state index in [2.05, 4.69) is 23.1 Å². The molecular formula is C21H22FNO. The highest BCUT2D eigenvalue weighted by molar-refractivity contribution is 5.84. The maximum atomic E-state index is 13.9. The Morgan fingerprint density at radius 1 is 1.04 bits per heavy atom. The fourth-order valence-electron chi connectivity index (χ4n) is 3.67. The Hall–Kier alpha value is -2.13. The lowest BCUT2D eigenvalue weighted by Crippen LogP contribution is -2.19. The molecule has 4 rings (SSSR count). The average molecular weight is 323 g/mol. The maximum Gasteiger partial charge on any atom is 0.127 e. The van der Waals surface area contributed by atoms with E-state index in [1.165, 1.54) is 32.0 Å². The molecule has 2 heterocycles. The molecule has 0 atom stereocenters. The van der Waals surface area contributed by atoms with Gasteiger partial charge in [0.1, 0.15) is 18.2 Å². The summed E-state index contributed by atoms with van der Waals surface area (Å²) in [6.07, 6.45) is 5.84. The van der Waals surface area contributed by atoms with Gasteiger partial charge < -0.3 is 9.64 Å². The van der Waals surface area contributed by atoms with Crippen molar-refractivity contribution in [3.8, 4) is 5.75 Å². The second-order valence-electron chi connectivity index (χ2n) is 6.54. The zero-order valence-electron chi connectivity index (χ0n) is 13.8. The number of halogens is 1. The van der Waals surface area contributed by atoms with Gasteiger partial charge in [-0.05, 0) is 67.3 Å². The molecule has 2 aromatic rings. The molecule has 0 aliphatic carbocycles. The van der Waals surface area contributed by atoms with E-state index in [0.717, 1.165) is 41.0 Å². The number of benzene rings is 2. The summed E-state index contributed by atoms with van der Waals surface area (Å²) in [6, 6.07) is 13.1. The van der Waals surface area contributed by atoms with E-state index in [-0.39, 0.29) is 5.82 Å². The molecule has 2 aromatic carbocycles. The molecule has 0 radical (unpaired) electrons. The van der Waals surface area contributed by atoms with Crippen LogP contribution in [0.15, 0.2) is 48.5 Å². The first-order valence-corrected chi connectivity index (χ1v) is 8.75. The van der Waals surface area contributed by atoms with Crippen molar-refractivity contribution >= 4 is 5.57 Å². The highest BCUT2D eigenvalue weighted by atomic mass is 19.1. The first kappa shape index (κ1) is 15.4. The average Bonchev–Trinajstić information content (AvgIpc) is 3.06. The van der Waals surface area contributed by atoms with Crippen molar-refractivity contribution in [1.82, 2.24) is 4.90 Å². The van der Waals surface area contributed by atoms with Crippen LogP contribution in [0.5, 0.6) is 5.75 Å². The molecule has 2 aliphatic heterocycles. The molecule has 0 spiro atoms. The minimum absolute atomic E-state index is 0.220. The van der Waals surface area contributed by atoms with Crippen LogP contribution in [0.1, 0.15) is 36.0 Å². The van der Waals surface area contributed by atoms with Crippen LogP contribution in [-0.2, 0) is 6.61 Å². The number of fused-ring (bicyclic) bond motifs is 2. The second-order valence-corrected chi connectivity index (χ2v) is 6.54. The van der Waals surface area contributed by atoms with Crippen LogP contribution >= 0.6 is 0 Å². The van der Waals surface area contributed by atoms with E-state index < -0.39 is 0 Å². The molecule has 2 aliphatic rings. The minimum atomic E-state index is -0.220. The lowest BCUT2D eigenvalue weighted by molar-refractivity contribution is 0.307. The predicted molar refractivity (Wildman–Crippen MR) is 94.5 cm³/mol. The summed E-state index contributed by atoms with van der Waals surface area (Å²) in [5.74, 6) is 0.544. The molecule has 0 amide bonds. The zero-order valence-corrected chi connectivity index (χ0v) is 13.8. The van der Waals surface area contributed by atoms with E-state index in [9.17, 15) is 4.39 Å². The molecule has 1 fully saturated rings. The fourth-order valence-corrected chi connectivity index (χ4v) is 3.67. The van der Waals surface area contributed by atoms with E-state index in [1.807, 2.05) is 12.1 Å². The van der Waals surface area contributed by atoms with Gasteiger partial charge in [-0.2, -0.15) is 0 Å². The van der Waals surface area contributed by atoms with E-state index in [4.69, 9.17) is 4.74 Å². The molecule has 0 N–H and O–H groups in total. The maximum absolute atomic E-state index is 13.9. The van der Waals surface area contributed by atoms with Crippen LogP contribution in [0, 0.1) is 5.82 Å². The molecule has 3 heteroatoms. The van der Waals surface area contributed by atoms with Gasteiger partial charge in [-0.3, -0.25) is 0 Å². The van der Waals surface area contributed by atoms with Crippen LogP contribution in [0.3, 0.4) is 0 Å². The molecule has 2 nitrogen and oxygen atoms in total. The van der Waals surface area contributed by atoms with Gasteiger partial charge in [-0.15, -0.1) is 0 Å². The van der Waals surface area contributed by atoms with Crippen molar-refractivity contribution in [1.29, 1.82) is 0 Å². The zero-order chi connectivity index (χ0) is 16.4. The van der Waals surface area contributed by atoms with Crippen LogP contribution in [0.25, 0.3) is 5.57 Å². The van der Waals surface area contributed by atoms with Gasteiger partial charge >= 0.3 is 0 Å². The van der Waals surface area contributed by atoms with Crippen LogP contribution < -0.4 is 4.74 Å². The monoisotopic (exact) mass is 323 g/mol. The number of rotatable bonds is 3. The smallest absolute Gasteiger partial charge is 0.127 e. The summed E-state index contributed by atoms with van der Waals surface area (Å²) in [5.41, 5.74) is 4.27. The third-order valence-electron chi connectivity index (χ3n) is 4.91. The Labute approximate surface area is 142 Å². The van der Waals surface area contributed by atoms with Crippen molar-refractivity contribution in [3.63, 3.8) is 0 Å². The first-order valence-electron chi connectivity index (χ1n) is 8.75. The summed E-state index contributed by atoms with van der Waals surface area (Å²) in [6.45, 7) is 4.00. The molecule has 1 saturated heterocycles. The number of likely N-dealkylation sites (tertiary alicyclic amines) is 1. The van der Waals surface area contributed by atoms with Crippen molar-refractivity contribution in [2.75, 3.05) is 19.6 Å². The fraction of sp³-hybridized carbons (Fsp3) is 0.333. The van der Waals surface area contributed by atoms with Gasteiger partial charge in [0, 0.05) is 12.1 Å². The van der Waals surface area contributed by atoms with E-state index in [0.29, 0.717) is 6.61 Å². The Bertz CT molecular complexity index is 762. The van der Waals surface area contributed by atoms with Crippen LogP contribution in [0.2, 0.25) is 0 Å². The van der Waals surface area contributed by atoms with Gasteiger partial charge in [0.05, 0.1) is 0 Å². The number of hydrogen-bond donors (Lipinski definition) is 0. The third-order valence-corrected chi connectivity index (χ3v) is 4.91. The molecule has 0 saturated carbocycles. The molecule has 0 unspecified atom stereocenters. The van der Waals surface area contributed by atoms with Crippen molar-refractivity contribution in [2.24, 2.45) is 0 Å². The normalized spacial score (nSPS) is 18.8. The number of ether oxygens (including phenoxy) is 1. The first-order chi connectivity index (χ1) is 11.8. The summed E-state index contributed by atoms with van der Waals surface area (Å²) in [5, 5.41) is 0. The SMILES string of the molecule is Fc1ccc2c(c1)C(=CCCN1CCCC1)c1ccccc1CO2. The number of nitrogens with zero attached hydrogens (tertiary/aromatic N) is 1. The van der Waals surface area contributed by atoms with Gasteiger partial charge in [0.2, 0.25) is 0 Å². The Morgan fingerprint density at radius 3 is 2.75 bits per heavy atom. The summed E-state index contributed by atoms with van der Waals surface area (Å²) >= 11 is 0. The highest BCUT2D eigenvalue weighted by Gasteiger charge is 2.19. The molecule has 0 bridgehead atoms. The van der Waals surface area contributed by atoms with Crippen LogP contribution in [0.4, 0.5) is 4.39 Å². The summed E-state index contributed by atoms with van der Waals surface area (Å²) in [4.78, 5) is 2.50. The summed E-state index contributed by atoms with van der Waals surface area (Å²) in [7, 11) is 0. The standard InChI is InChI=1S/C21H22FNO/c22-17-9-10-21-20(14-17)19(8-5-13-23-11-3-4-12-23)18-7-2-1-6-16(18)15-24-21/h1-2,6-10,14H,3-5,11-13,15H2. The quantitative estimate of drug-likeness (QED) is 0.816. The van der Waals surface area contributed by atoms with Crippen molar-refractivity contribution < 1.29 is 9.13 Å². The lowest BCUT2D eigenvalue weighted by Gasteiger charge is -2.14. The molecular weight excluding hydrogens is 301 g/mol. The van der Waals surface area contributed by atoms with Gasteiger partial charge in [-0.1, -0.05) is 30.3 Å². The Kier molecular flexibility index (Phi) is 4.35. The van der Waals surface area contributed by atoms with E-state index >= 15 is 0 Å². The van der Waals surface area contributed by atoms with Gasteiger partial charge in [-0.25, -0.2) is 4.39 Å². The van der Waals surface area contributed by atoms with Crippen molar-refractivity contribution in [2.45, 2.75) is 25.9 Å². The van der Waals surface area contributed by atoms with E-state index in [1.54, 1.807) is 12.1 Å². The second kappa shape index (κ2) is 6.78. The number of hydrogen-bond acceptors (Lipinski definition) is 2. The Balaban J connectivity index is 1.71. The minimum Gasteiger partial charge on any atom is -0.488 e. The summed E-state index contributed by atoms with van der Waals surface area (Å²) < 4.78 is 19.8. The predicted octanol–water partition coefficient (Wildman–Crippen LogP) is 4.64. The largest absolute Gasteiger partial charge is 0.488 e. The van der Waals surface area contributed by atoms with Crippen LogP contribution in [-0.4, -0.2) is 24.5 Å². The molecule has 124 valence electrons. The lowest BCUT2D eigenvalue weighted by atomic mass is 9.93. The topological polar surface area (TPSA) is 12.5 Å². The van der Waals surface area contributed by atoms with Gasteiger partial charge in [0.25, 0.3) is 0 Å². The van der Waals surface area contributed by atoms with Crippen molar-refractivity contribution in [3.05, 3.63) is 71.0 Å². The highest BCUT2D eigenvalue weighted by Crippen LogP contribution is 2.37. The third kappa shape index (κ3) is 3.09.